The lowest BCUT2D eigenvalue weighted by Gasteiger charge is -2.39. The Bertz CT molecular complexity index is 870. The van der Waals surface area contributed by atoms with Crippen molar-refractivity contribution in [3.8, 4) is 0 Å². The van der Waals surface area contributed by atoms with Crippen molar-refractivity contribution >= 4 is 42.1 Å². The molecule has 0 fully saturated rings. The number of fused-ring (bicyclic) bond motifs is 1. The predicted molar refractivity (Wildman–Crippen MR) is 142 cm³/mol. The van der Waals surface area contributed by atoms with Crippen LogP contribution in [0.5, 0.6) is 0 Å². The second-order valence-electron chi connectivity index (χ2n) is 9.23. The SMILES string of the molecule is CSCC[C@H](NC(=O)[C@H]1Cc2ccccc2CN1C(=O)[C@@H](NCC(N)CS)C(C)C)C(=O)N(C)O. The largest absolute Gasteiger partial charge is 0.342 e. The normalized spacial score (nSPS) is 17.9. The molecule has 0 spiro atoms. The minimum Gasteiger partial charge on any atom is -0.342 e. The van der Waals surface area contributed by atoms with Crippen molar-refractivity contribution < 1.29 is 19.6 Å². The summed E-state index contributed by atoms with van der Waals surface area (Å²) in [6, 6.07) is 5.35. The molecule has 11 heteroatoms. The number of carbonyl (C=O) groups excluding carboxylic acids is 3. The number of nitrogens with zero attached hydrogens (tertiary/aromatic N) is 2. The predicted octanol–water partition coefficient (Wildman–Crippen LogP) is 0.897. The quantitative estimate of drug-likeness (QED) is 0.156. The number of hydroxylamine groups is 2. The zero-order chi connectivity index (χ0) is 26.1. The van der Waals surface area contributed by atoms with Gasteiger partial charge < -0.3 is 21.3 Å². The van der Waals surface area contributed by atoms with Gasteiger partial charge in [0.1, 0.15) is 12.1 Å². The van der Waals surface area contributed by atoms with Gasteiger partial charge in [0.25, 0.3) is 5.91 Å². The summed E-state index contributed by atoms with van der Waals surface area (Å²) in [7, 11) is 1.24. The van der Waals surface area contributed by atoms with Crippen LogP contribution in [0.25, 0.3) is 0 Å². The molecule has 1 aromatic rings. The average Bonchev–Trinajstić information content (AvgIpc) is 2.84. The molecule has 4 atom stereocenters. The number of hydrogen-bond donors (Lipinski definition) is 5. The monoisotopic (exact) mass is 525 g/mol. The van der Waals surface area contributed by atoms with Crippen LogP contribution in [0.3, 0.4) is 0 Å². The molecule has 1 aliphatic rings. The molecule has 35 heavy (non-hydrogen) atoms. The number of thioether (sulfide) groups is 1. The third kappa shape index (κ3) is 8.11. The molecular formula is C24H39N5O4S2. The highest BCUT2D eigenvalue weighted by Crippen LogP contribution is 2.25. The fourth-order valence-corrected chi connectivity index (χ4v) is 4.71. The van der Waals surface area contributed by atoms with Crippen molar-refractivity contribution in [2.24, 2.45) is 11.7 Å². The molecule has 0 aliphatic carbocycles. The first-order valence-corrected chi connectivity index (χ1v) is 13.9. The highest BCUT2D eigenvalue weighted by atomic mass is 32.2. The number of hydrogen-bond acceptors (Lipinski definition) is 8. The summed E-state index contributed by atoms with van der Waals surface area (Å²) in [4.78, 5) is 41.4. The molecular weight excluding hydrogens is 486 g/mol. The van der Waals surface area contributed by atoms with Crippen LogP contribution in [-0.2, 0) is 27.3 Å². The minimum absolute atomic E-state index is 0.0329. The van der Waals surface area contributed by atoms with E-state index in [1.54, 1.807) is 16.7 Å². The Morgan fingerprint density at radius 2 is 1.94 bits per heavy atom. The number of carbonyl (C=O) groups is 3. The molecule has 0 radical (unpaired) electrons. The van der Waals surface area contributed by atoms with E-state index in [0.717, 1.165) is 11.1 Å². The highest BCUT2D eigenvalue weighted by molar-refractivity contribution is 7.98. The summed E-state index contributed by atoms with van der Waals surface area (Å²) in [6.45, 7) is 4.61. The Balaban J connectivity index is 2.33. The third-order valence-electron chi connectivity index (χ3n) is 6.15. The molecule has 5 N–H and O–H groups in total. The molecule has 0 aromatic heterocycles. The molecule has 1 aliphatic heterocycles. The van der Waals surface area contributed by atoms with Crippen LogP contribution in [0.15, 0.2) is 24.3 Å². The van der Waals surface area contributed by atoms with Gasteiger partial charge in [-0.05, 0) is 35.5 Å². The molecule has 1 aromatic carbocycles. The first kappa shape index (κ1) is 29.4. The maximum atomic E-state index is 13.8. The molecule has 196 valence electrons. The zero-order valence-corrected chi connectivity index (χ0v) is 22.6. The van der Waals surface area contributed by atoms with Crippen LogP contribution < -0.4 is 16.4 Å². The Hall–Kier alpha value is -1.79. The summed E-state index contributed by atoms with van der Waals surface area (Å²) < 4.78 is 0. The Morgan fingerprint density at radius 3 is 2.51 bits per heavy atom. The molecule has 1 unspecified atom stereocenters. The van der Waals surface area contributed by atoms with Crippen LogP contribution in [-0.4, -0.2) is 88.4 Å². The van der Waals surface area contributed by atoms with E-state index in [1.807, 2.05) is 44.4 Å². The fraction of sp³-hybridized carbons (Fsp3) is 0.625. The number of benzene rings is 1. The lowest BCUT2D eigenvalue weighted by molar-refractivity contribution is -0.163. The third-order valence-corrected chi connectivity index (χ3v) is 7.26. The molecule has 1 heterocycles. The standard InChI is InChI=1S/C24H39N5O4S2/c1-15(2)21(26-12-18(25)14-34)24(32)29-13-17-8-6-5-7-16(17)11-20(29)22(30)27-19(9-10-35-4)23(31)28(3)33/h5-8,15,18-21,26,33-34H,9-14,25H2,1-4H3,(H,27,30)/t18?,19-,20+,21-/m0/s1. The second kappa shape index (κ2) is 14.1. The molecule has 0 saturated heterocycles. The van der Waals surface area contributed by atoms with Crippen LogP contribution in [0.2, 0.25) is 0 Å². The van der Waals surface area contributed by atoms with E-state index in [4.69, 9.17) is 5.73 Å². The van der Waals surface area contributed by atoms with E-state index < -0.39 is 29.9 Å². The maximum Gasteiger partial charge on any atom is 0.268 e. The topological polar surface area (TPSA) is 128 Å². The van der Waals surface area contributed by atoms with Gasteiger partial charge in [0.15, 0.2) is 0 Å². The van der Waals surface area contributed by atoms with Gasteiger partial charge in [-0.15, -0.1) is 0 Å². The summed E-state index contributed by atoms with van der Waals surface area (Å²) in [5, 5.41) is 16.2. The number of likely N-dealkylation sites (N-methyl/N-ethyl adjacent to an activating group) is 1. The molecule has 3 amide bonds. The van der Waals surface area contributed by atoms with Crippen LogP contribution in [0, 0.1) is 5.92 Å². The van der Waals surface area contributed by atoms with Gasteiger partial charge in [-0.25, -0.2) is 5.06 Å². The highest BCUT2D eigenvalue weighted by Gasteiger charge is 2.39. The lowest BCUT2D eigenvalue weighted by Crippen LogP contribution is -2.60. The smallest absolute Gasteiger partial charge is 0.268 e. The number of nitrogens with two attached hydrogens (primary N) is 1. The summed E-state index contributed by atoms with van der Waals surface area (Å²) >= 11 is 5.76. The van der Waals surface area contributed by atoms with Crippen molar-refractivity contribution in [1.82, 2.24) is 20.6 Å². The number of amides is 3. The summed E-state index contributed by atoms with van der Waals surface area (Å²) in [6.07, 6.45) is 2.61. The van der Waals surface area contributed by atoms with Crippen LogP contribution >= 0.6 is 24.4 Å². The van der Waals surface area contributed by atoms with E-state index in [9.17, 15) is 19.6 Å². The minimum atomic E-state index is -0.883. The lowest BCUT2D eigenvalue weighted by atomic mass is 9.91. The van der Waals surface area contributed by atoms with Gasteiger partial charge in [0.05, 0.1) is 6.04 Å². The Kier molecular flexibility index (Phi) is 11.8. The number of thiol groups is 1. The van der Waals surface area contributed by atoms with Crippen molar-refractivity contribution in [3.05, 3.63) is 35.4 Å². The van der Waals surface area contributed by atoms with E-state index in [0.29, 0.717) is 42.5 Å². The van der Waals surface area contributed by atoms with Crippen LogP contribution in [0.4, 0.5) is 0 Å². The fourth-order valence-electron chi connectivity index (χ4n) is 4.11. The number of rotatable bonds is 12. The Labute approximate surface area is 217 Å². The van der Waals surface area contributed by atoms with Gasteiger partial charge in [-0.1, -0.05) is 38.1 Å². The van der Waals surface area contributed by atoms with Gasteiger partial charge >= 0.3 is 0 Å². The molecule has 2 rings (SSSR count). The first-order chi connectivity index (χ1) is 16.6. The van der Waals surface area contributed by atoms with Gasteiger partial charge in [0, 0.05) is 38.4 Å². The summed E-state index contributed by atoms with van der Waals surface area (Å²) in [5.41, 5.74) is 7.99. The van der Waals surface area contributed by atoms with Gasteiger partial charge in [0.2, 0.25) is 11.8 Å². The van der Waals surface area contributed by atoms with Gasteiger partial charge in [-0.3, -0.25) is 19.6 Å². The van der Waals surface area contributed by atoms with Crippen molar-refractivity contribution in [2.45, 2.75) is 57.4 Å². The van der Waals surface area contributed by atoms with E-state index in [1.165, 1.54) is 7.05 Å². The average molecular weight is 526 g/mol. The summed E-state index contributed by atoms with van der Waals surface area (Å²) in [5.74, 6) is -0.112. The van der Waals surface area contributed by atoms with Crippen molar-refractivity contribution in [1.29, 1.82) is 0 Å². The number of nitrogens with one attached hydrogen (secondary N) is 2. The van der Waals surface area contributed by atoms with Crippen LogP contribution in [0.1, 0.15) is 31.4 Å². The first-order valence-electron chi connectivity index (χ1n) is 11.8. The Morgan fingerprint density at radius 1 is 1.29 bits per heavy atom. The molecule has 9 nitrogen and oxygen atoms in total. The van der Waals surface area contributed by atoms with E-state index in [-0.39, 0.29) is 17.9 Å². The molecule has 0 bridgehead atoms. The van der Waals surface area contributed by atoms with E-state index >= 15 is 0 Å². The van der Waals surface area contributed by atoms with Crippen molar-refractivity contribution in [3.63, 3.8) is 0 Å². The maximum absolute atomic E-state index is 13.8. The van der Waals surface area contributed by atoms with Gasteiger partial charge in [-0.2, -0.15) is 24.4 Å². The second-order valence-corrected chi connectivity index (χ2v) is 10.6. The van der Waals surface area contributed by atoms with Crippen molar-refractivity contribution in [2.75, 3.05) is 31.4 Å². The molecule has 0 saturated carbocycles. The zero-order valence-electron chi connectivity index (χ0n) is 20.9. The van der Waals surface area contributed by atoms with E-state index in [2.05, 4.69) is 23.3 Å².